The zero-order valence-corrected chi connectivity index (χ0v) is 18.2. The molecule has 4 heteroatoms. The fourth-order valence-electron chi connectivity index (χ4n) is 4.36. The number of nitrogens with zero attached hydrogens (tertiary/aromatic N) is 2. The van der Waals surface area contributed by atoms with Crippen LogP contribution >= 0.6 is 0 Å². The van der Waals surface area contributed by atoms with E-state index >= 15 is 0 Å². The number of aryl methyl sites for hydroxylation is 2. The third kappa shape index (κ3) is 4.29. The molecule has 0 radical (unpaired) electrons. The van der Waals surface area contributed by atoms with E-state index in [2.05, 4.69) is 61.8 Å². The Kier molecular flexibility index (Phi) is 6.27. The average Bonchev–Trinajstić information content (AvgIpc) is 2.97. The van der Waals surface area contributed by atoms with Gasteiger partial charge in [-0.2, -0.15) is 5.26 Å². The van der Waals surface area contributed by atoms with E-state index in [1.807, 2.05) is 13.0 Å². The molecular formula is C25H31N3O. The second kappa shape index (κ2) is 8.69. The second-order valence-corrected chi connectivity index (χ2v) is 8.39. The van der Waals surface area contributed by atoms with E-state index in [-0.39, 0.29) is 17.5 Å². The highest BCUT2D eigenvalue weighted by molar-refractivity contribution is 6.02. The molecule has 2 aromatic rings. The number of hydrogen-bond donors (Lipinski definition) is 1. The summed E-state index contributed by atoms with van der Waals surface area (Å²) in [7, 11) is 0. The normalized spacial score (nSPS) is 19.7. The number of benzene rings is 1. The first kappa shape index (κ1) is 20.9. The van der Waals surface area contributed by atoms with Gasteiger partial charge in [0.2, 0.25) is 0 Å². The Balaban J connectivity index is 1.92. The predicted molar refractivity (Wildman–Crippen MR) is 118 cm³/mol. The zero-order chi connectivity index (χ0) is 21.1. The minimum absolute atomic E-state index is 0.162. The minimum atomic E-state index is -0.261. The van der Waals surface area contributed by atoms with Gasteiger partial charge in [0.15, 0.2) is 0 Å². The van der Waals surface area contributed by atoms with Crippen molar-refractivity contribution in [3.05, 3.63) is 57.9 Å². The lowest BCUT2D eigenvalue weighted by atomic mass is 9.86. The molecule has 0 spiro atoms. The molecule has 1 fully saturated rings. The Labute approximate surface area is 174 Å². The molecule has 0 aliphatic heterocycles. The van der Waals surface area contributed by atoms with Crippen molar-refractivity contribution in [3.8, 4) is 11.8 Å². The molecule has 1 aliphatic rings. The number of aromatic nitrogens is 1. The summed E-state index contributed by atoms with van der Waals surface area (Å²) in [6.07, 6.45) is 6.21. The van der Waals surface area contributed by atoms with Crippen molar-refractivity contribution < 1.29 is 4.79 Å². The molecule has 152 valence electrons. The second-order valence-electron chi connectivity index (χ2n) is 8.39. The molecule has 0 bridgehead atoms. The van der Waals surface area contributed by atoms with Gasteiger partial charge in [-0.3, -0.25) is 4.79 Å². The summed E-state index contributed by atoms with van der Waals surface area (Å²) >= 11 is 0. The van der Waals surface area contributed by atoms with Crippen molar-refractivity contribution >= 4 is 12.0 Å². The van der Waals surface area contributed by atoms with E-state index in [0.717, 1.165) is 41.9 Å². The monoisotopic (exact) mass is 389 g/mol. The highest BCUT2D eigenvalue weighted by atomic mass is 16.1. The largest absolute Gasteiger partial charge is 0.348 e. The van der Waals surface area contributed by atoms with Crippen LogP contribution in [-0.2, 0) is 4.79 Å². The van der Waals surface area contributed by atoms with Crippen LogP contribution in [-0.4, -0.2) is 16.5 Å². The average molecular weight is 390 g/mol. The third-order valence-corrected chi connectivity index (χ3v) is 6.38. The quantitative estimate of drug-likeness (QED) is 0.569. The van der Waals surface area contributed by atoms with Gasteiger partial charge in [-0.25, -0.2) is 0 Å². The van der Waals surface area contributed by atoms with E-state index < -0.39 is 0 Å². The van der Waals surface area contributed by atoms with Crippen molar-refractivity contribution in [1.29, 1.82) is 5.26 Å². The third-order valence-electron chi connectivity index (χ3n) is 6.38. The molecule has 1 amide bonds. The van der Waals surface area contributed by atoms with Crippen LogP contribution in [0.25, 0.3) is 11.8 Å². The lowest BCUT2D eigenvalue weighted by molar-refractivity contribution is -0.118. The number of nitriles is 1. The summed E-state index contributed by atoms with van der Waals surface area (Å²) in [6.45, 7) is 10.5. The van der Waals surface area contributed by atoms with Crippen molar-refractivity contribution in [2.75, 3.05) is 0 Å². The van der Waals surface area contributed by atoms with Crippen molar-refractivity contribution in [2.45, 2.75) is 66.3 Å². The van der Waals surface area contributed by atoms with Gasteiger partial charge in [0, 0.05) is 23.1 Å². The van der Waals surface area contributed by atoms with Crippen molar-refractivity contribution in [2.24, 2.45) is 5.92 Å². The van der Waals surface area contributed by atoms with Gasteiger partial charge in [-0.1, -0.05) is 31.9 Å². The molecule has 3 rings (SSSR count). The van der Waals surface area contributed by atoms with Gasteiger partial charge in [0.25, 0.3) is 5.91 Å². The highest BCUT2D eigenvalue weighted by Gasteiger charge is 2.24. The lowest BCUT2D eigenvalue weighted by Crippen LogP contribution is -2.41. The minimum Gasteiger partial charge on any atom is -0.348 e. The molecular weight excluding hydrogens is 358 g/mol. The molecule has 1 saturated carbocycles. The zero-order valence-electron chi connectivity index (χ0n) is 18.2. The summed E-state index contributed by atoms with van der Waals surface area (Å²) in [6, 6.07) is 10.6. The Morgan fingerprint density at radius 2 is 1.93 bits per heavy atom. The van der Waals surface area contributed by atoms with E-state index in [1.54, 1.807) is 6.08 Å². The predicted octanol–water partition coefficient (Wildman–Crippen LogP) is 5.31. The van der Waals surface area contributed by atoms with Gasteiger partial charge in [0.05, 0.1) is 0 Å². The summed E-state index contributed by atoms with van der Waals surface area (Å²) in [5.41, 5.74) is 6.80. The van der Waals surface area contributed by atoms with Gasteiger partial charge in [-0.15, -0.1) is 0 Å². The number of carbonyl (C=O) groups is 1. The summed E-state index contributed by atoms with van der Waals surface area (Å²) in [4.78, 5) is 12.8. The number of amides is 1. The van der Waals surface area contributed by atoms with Crippen LogP contribution in [0, 0.1) is 44.9 Å². The van der Waals surface area contributed by atoms with Crippen molar-refractivity contribution in [3.63, 3.8) is 0 Å². The van der Waals surface area contributed by atoms with Gasteiger partial charge in [0.1, 0.15) is 11.6 Å². The number of hydrogen-bond acceptors (Lipinski definition) is 2. The first-order valence-electron chi connectivity index (χ1n) is 10.5. The van der Waals surface area contributed by atoms with E-state index in [0.29, 0.717) is 5.92 Å². The van der Waals surface area contributed by atoms with Gasteiger partial charge >= 0.3 is 0 Å². The molecule has 29 heavy (non-hydrogen) atoms. The Hall–Kier alpha value is -2.80. The number of nitrogens with one attached hydrogen (secondary N) is 1. The molecule has 0 unspecified atom stereocenters. The molecule has 0 saturated heterocycles. The Morgan fingerprint density at radius 1 is 1.21 bits per heavy atom. The van der Waals surface area contributed by atoms with E-state index in [9.17, 15) is 10.1 Å². The topological polar surface area (TPSA) is 57.8 Å². The SMILES string of the molecule is Cc1cccc(-n2c(C)cc(/C=C(\C#N)C(=O)N[C@H]3CCCC[C@@H]3C)c2C)c1C. The summed E-state index contributed by atoms with van der Waals surface area (Å²) in [5.74, 6) is 0.199. The smallest absolute Gasteiger partial charge is 0.262 e. The molecule has 1 N–H and O–H groups in total. The number of carbonyl (C=O) groups excluding carboxylic acids is 1. The first-order chi connectivity index (χ1) is 13.8. The van der Waals surface area contributed by atoms with Crippen LogP contribution in [0.1, 0.15) is 60.7 Å². The molecule has 1 aliphatic carbocycles. The molecule has 1 aromatic heterocycles. The Morgan fingerprint density at radius 3 is 2.62 bits per heavy atom. The fourth-order valence-corrected chi connectivity index (χ4v) is 4.36. The van der Waals surface area contributed by atoms with E-state index in [1.165, 1.54) is 17.5 Å². The van der Waals surface area contributed by atoms with Gasteiger partial charge in [-0.05, 0) is 81.4 Å². The van der Waals surface area contributed by atoms with Crippen LogP contribution in [0.2, 0.25) is 0 Å². The maximum atomic E-state index is 12.8. The number of rotatable bonds is 4. The standard InChI is InChI=1S/C25H31N3O/c1-16-10-8-12-24(19(16)4)28-18(3)13-21(20(28)5)14-22(15-26)25(29)27-23-11-7-6-9-17(23)2/h8,10,12-14,17,23H,6-7,9,11H2,1-5H3,(H,27,29)/b22-14+/t17-,23-/m0/s1. The summed E-state index contributed by atoms with van der Waals surface area (Å²) in [5, 5.41) is 12.7. The molecule has 4 nitrogen and oxygen atoms in total. The van der Waals surface area contributed by atoms with E-state index in [4.69, 9.17) is 0 Å². The molecule has 2 atom stereocenters. The highest BCUT2D eigenvalue weighted by Crippen LogP contribution is 2.27. The maximum Gasteiger partial charge on any atom is 0.262 e. The molecule has 1 heterocycles. The van der Waals surface area contributed by atoms with Crippen LogP contribution in [0.3, 0.4) is 0 Å². The fraction of sp³-hybridized carbons (Fsp3) is 0.440. The van der Waals surface area contributed by atoms with Crippen molar-refractivity contribution in [1.82, 2.24) is 9.88 Å². The Bertz CT molecular complexity index is 990. The van der Waals surface area contributed by atoms with Crippen LogP contribution in [0.15, 0.2) is 29.8 Å². The van der Waals surface area contributed by atoms with Gasteiger partial charge < -0.3 is 9.88 Å². The first-order valence-corrected chi connectivity index (χ1v) is 10.5. The lowest BCUT2D eigenvalue weighted by Gasteiger charge is -2.29. The summed E-state index contributed by atoms with van der Waals surface area (Å²) < 4.78 is 2.20. The molecule has 1 aromatic carbocycles. The maximum absolute atomic E-state index is 12.8. The van der Waals surface area contributed by atoms with Crippen LogP contribution < -0.4 is 5.32 Å². The van der Waals surface area contributed by atoms with Crippen LogP contribution in [0.4, 0.5) is 0 Å². The van der Waals surface area contributed by atoms with Crippen LogP contribution in [0.5, 0.6) is 0 Å².